The maximum atomic E-state index is 11.6. The average molecular weight is 419 g/mol. The van der Waals surface area contributed by atoms with Crippen LogP contribution < -0.4 is 14.4 Å². The highest BCUT2D eigenvalue weighted by molar-refractivity contribution is 7.85. The summed E-state index contributed by atoms with van der Waals surface area (Å²) in [5, 5.41) is 0.844. The molecule has 0 spiro atoms. The third-order valence-corrected chi connectivity index (χ3v) is 6.29. The molecule has 3 heterocycles. The summed E-state index contributed by atoms with van der Waals surface area (Å²) in [4.78, 5) is 11.7. The van der Waals surface area contributed by atoms with Crippen LogP contribution in [0.15, 0.2) is 18.3 Å². The summed E-state index contributed by atoms with van der Waals surface area (Å²) in [5.41, 5.74) is 1.52. The molecule has 158 valence electrons. The molecule has 2 aliphatic rings. The highest BCUT2D eigenvalue weighted by Gasteiger charge is 2.27. The van der Waals surface area contributed by atoms with Crippen LogP contribution in [-0.2, 0) is 15.7 Å². The molecule has 8 heteroatoms. The van der Waals surface area contributed by atoms with E-state index >= 15 is 0 Å². The summed E-state index contributed by atoms with van der Waals surface area (Å²) in [5.74, 6) is 2.21. The number of aromatic nitrogens is 2. The first-order valence-electron chi connectivity index (χ1n) is 10.5. The summed E-state index contributed by atoms with van der Waals surface area (Å²) in [6, 6.07) is 3.92. The van der Waals surface area contributed by atoms with Crippen LogP contribution in [0.2, 0.25) is 0 Å². The molecule has 1 saturated heterocycles. The Kier molecular flexibility index (Phi) is 6.20. The van der Waals surface area contributed by atoms with Crippen LogP contribution in [0.5, 0.6) is 5.88 Å². The second kappa shape index (κ2) is 8.83. The van der Waals surface area contributed by atoms with Crippen molar-refractivity contribution in [2.45, 2.75) is 58.3 Å². The highest BCUT2D eigenvalue weighted by Crippen LogP contribution is 2.34. The summed E-state index contributed by atoms with van der Waals surface area (Å²) in [7, 11) is -1.16. The Bertz CT molecular complexity index is 886. The Morgan fingerprint density at radius 3 is 2.83 bits per heavy atom. The molecule has 1 saturated carbocycles. The van der Waals surface area contributed by atoms with Crippen molar-refractivity contribution >= 4 is 33.4 Å². The summed E-state index contributed by atoms with van der Waals surface area (Å²) in [6.45, 7) is 5.93. The van der Waals surface area contributed by atoms with Crippen molar-refractivity contribution in [3.63, 3.8) is 0 Å². The van der Waals surface area contributed by atoms with Crippen LogP contribution >= 0.6 is 0 Å². The molecule has 0 aromatic carbocycles. The number of nitrogens with zero attached hydrogens (tertiary/aromatic N) is 3. The topological polar surface area (TPSA) is 76.6 Å². The van der Waals surface area contributed by atoms with Crippen molar-refractivity contribution in [1.29, 1.82) is 0 Å². The molecule has 0 amide bonds. The van der Waals surface area contributed by atoms with Gasteiger partial charge in [0, 0.05) is 18.9 Å². The molecule has 1 aliphatic carbocycles. The van der Waals surface area contributed by atoms with E-state index in [-0.39, 0.29) is 12.3 Å². The first kappa shape index (κ1) is 20.3. The zero-order chi connectivity index (χ0) is 20.4. The van der Waals surface area contributed by atoms with Crippen LogP contribution in [0.4, 0.5) is 11.5 Å². The molecular formula is C21H30N4O3S. The fourth-order valence-corrected chi connectivity index (χ4v) is 4.61. The lowest BCUT2D eigenvalue weighted by Gasteiger charge is -2.28. The number of nitrogens with one attached hydrogen (secondary N) is 1. The molecule has 0 radical (unpaired) electrons. The monoisotopic (exact) mass is 418 g/mol. The zero-order valence-electron chi connectivity index (χ0n) is 17.4. The highest BCUT2D eigenvalue weighted by atomic mass is 32.2. The first-order chi connectivity index (χ1) is 14.0. The first-order valence-corrected chi connectivity index (χ1v) is 12.0. The maximum Gasteiger partial charge on any atom is 0.225 e. The van der Waals surface area contributed by atoms with Gasteiger partial charge in [-0.3, -0.25) is 4.98 Å². The van der Waals surface area contributed by atoms with Gasteiger partial charge in [0.2, 0.25) is 5.88 Å². The van der Waals surface area contributed by atoms with E-state index in [2.05, 4.69) is 28.5 Å². The van der Waals surface area contributed by atoms with Crippen molar-refractivity contribution < 1.29 is 13.7 Å². The van der Waals surface area contributed by atoms with E-state index in [1.165, 1.54) is 12.8 Å². The molecule has 1 unspecified atom stereocenters. The standard InChI is InChI=1S/C21H30N4O3S/c1-4-20-25(9-10-27-20)19-12-18-17(11-15(13-22-18)24-29(3)26)21(23-19)28-16-7-5-14(2)6-8-16/h11-14,16,20,24H,4-10H2,1-3H3/t14?,16?,20-,29?/m0/s1. The minimum absolute atomic E-state index is 0.0341. The van der Waals surface area contributed by atoms with Gasteiger partial charge in [0.25, 0.3) is 0 Å². The lowest BCUT2D eigenvalue weighted by atomic mass is 9.89. The lowest BCUT2D eigenvalue weighted by molar-refractivity contribution is 0.109. The molecule has 1 N–H and O–H groups in total. The molecular weight excluding hydrogens is 388 g/mol. The number of rotatable bonds is 6. The van der Waals surface area contributed by atoms with Gasteiger partial charge in [-0.2, -0.15) is 4.98 Å². The maximum absolute atomic E-state index is 11.6. The van der Waals surface area contributed by atoms with Crippen molar-refractivity contribution in [2.75, 3.05) is 29.0 Å². The molecule has 2 aromatic heterocycles. The van der Waals surface area contributed by atoms with E-state index in [4.69, 9.17) is 14.5 Å². The summed E-state index contributed by atoms with van der Waals surface area (Å²) < 4.78 is 26.7. The van der Waals surface area contributed by atoms with Gasteiger partial charge in [0.05, 0.1) is 29.4 Å². The van der Waals surface area contributed by atoms with Gasteiger partial charge in [-0.25, -0.2) is 4.21 Å². The van der Waals surface area contributed by atoms with Gasteiger partial charge in [-0.1, -0.05) is 13.8 Å². The van der Waals surface area contributed by atoms with Crippen molar-refractivity contribution in [3.8, 4) is 5.88 Å². The van der Waals surface area contributed by atoms with Crippen LogP contribution in [0.3, 0.4) is 0 Å². The van der Waals surface area contributed by atoms with Crippen LogP contribution in [0.25, 0.3) is 10.9 Å². The Labute approximate surface area is 174 Å². The van der Waals surface area contributed by atoms with Crippen molar-refractivity contribution in [1.82, 2.24) is 9.97 Å². The molecule has 29 heavy (non-hydrogen) atoms. The molecule has 1 aliphatic heterocycles. The Hall–Kier alpha value is -1.93. The lowest BCUT2D eigenvalue weighted by Crippen LogP contribution is -2.30. The van der Waals surface area contributed by atoms with Gasteiger partial charge in [-0.15, -0.1) is 0 Å². The number of anilines is 2. The molecule has 2 fully saturated rings. The molecule has 0 bridgehead atoms. The third-order valence-electron chi connectivity index (χ3n) is 5.77. The van der Waals surface area contributed by atoms with Crippen molar-refractivity contribution in [3.05, 3.63) is 18.3 Å². The molecule has 2 atom stereocenters. The number of fused-ring (bicyclic) bond motifs is 1. The quantitative estimate of drug-likeness (QED) is 0.768. The van der Waals surface area contributed by atoms with E-state index in [1.807, 2.05) is 12.1 Å². The minimum Gasteiger partial charge on any atom is -0.474 e. The van der Waals surface area contributed by atoms with E-state index < -0.39 is 11.0 Å². The van der Waals surface area contributed by atoms with Crippen LogP contribution in [0, 0.1) is 5.92 Å². The summed E-state index contributed by atoms with van der Waals surface area (Å²) >= 11 is 0. The normalized spacial score (nSPS) is 25.9. The van der Waals surface area contributed by atoms with E-state index in [9.17, 15) is 4.21 Å². The second-order valence-electron chi connectivity index (χ2n) is 8.06. The second-order valence-corrected chi connectivity index (χ2v) is 9.17. The van der Waals surface area contributed by atoms with E-state index in [0.717, 1.165) is 48.4 Å². The van der Waals surface area contributed by atoms with Gasteiger partial charge in [0.1, 0.15) is 29.1 Å². The predicted molar refractivity (Wildman–Crippen MR) is 117 cm³/mol. The molecule has 7 nitrogen and oxygen atoms in total. The number of hydrogen-bond acceptors (Lipinski definition) is 6. The van der Waals surface area contributed by atoms with Crippen LogP contribution in [0.1, 0.15) is 46.0 Å². The van der Waals surface area contributed by atoms with E-state index in [1.54, 1.807) is 12.5 Å². The van der Waals surface area contributed by atoms with Crippen LogP contribution in [-0.4, -0.2) is 45.9 Å². The smallest absolute Gasteiger partial charge is 0.225 e. The minimum atomic E-state index is -1.16. The Morgan fingerprint density at radius 1 is 1.31 bits per heavy atom. The number of ether oxygens (including phenoxy) is 2. The fraction of sp³-hybridized carbons (Fsp3) is 0.619. The number of pyridine rings is 2. The van der Waals surface area contributed by atoms with Crippen molar-refractivity contribution in [2.24, 2.45) is 5.92 Å². The number of hydrogen-bond donors (Lipinski definition) is 1. The van der Waals surface area contributed by atoms with E-state index in [0.29, 0.717) is 18.2 Å². The Morgan fingerprint density at radius 2 is 2.10 bits per heavy atom. The molecule has 2 aromatic rings. The average Bonchev–Trinajstić information content (AvgIpc) is 3.18. The van der Waals surface area contributed by atoms with Gasteiger partial charge in [-0.05, 0) is 44.1 Å². The zero-order valence-corrected chi connectivity index (χ0v) is 18.2. The van der Waals surface area contributed by atoms with Gasteiger partial charge in [0.15, 0.2) is 0 Å². The SMILES string of the molecule is CC[C@@H]1OCCN1c1cc2ncc(NS(C)=O)cc2c(OC2CCC(C)CC2)n1. The predicted octanol–water partition coefficient (Wildman–Crippen LogP) is 3.87. The largest absolute Gasteiger partial charge is 0.474 e. The van der Waals surface area contributed by atoms with Gasteiger partial charge < -0.3 is 19.1 Å². The summed E-state index contributed by atoms with van der Waals surface area (Å²) in [6.07, 6.45) is 8.86. The third kappa shape index (κ3) is 4.64. The molecule has 4 rings (SSSR count). The fourth-order valence-electron chi connectivity index (χ4n) is 4.17. The van der Waals surface area contributed by atoms with Gasteiger partial charge >= 0.3 is 0 Å². The Balaban J connectivity index is 1.71.